The van der Waals surface area contributed by atoms with Gasteiger partial charge in [0.05, 0.1) is 4.88 Å². The van der Waals surface area contributed by atoms with Crippen molar-refractivity contribution in [2.75, 3.05) is 11.9 Å². The highest BCUT2D eigenvalue weighted by molar-refractivity contribution is 7.14. The van der Waals surface area contributed by atoms with Crippen molar-refractivity contribution in [2.24, 2.45) is 0 Å². The van der Waals surface area contributed by atoms with Crippen molar-refractivity contribution in [3.63, 3.8) is 0 Å². The van der Waals surface area contributed by atoms with Gasteiger partial charge in [0.25, 0.3) is 5.91 Å². The molecule has 2 heterocycles. The predicted molar refractivity (Wildman–Crippen MR) is 88.8 cm³/mol. The lowest BCUT2D eigenvalue weighted by Gasteiger charge is -2.05. The number of hydrogen-bond acceptors (Lipinski definition) is 6. The van der Waals surface area contributed by atoms with Gasteiger partial charge in [-0.2, -0.15) is 9.36 Å². The van der Waals surface area contributed by atoms with Gasteiger partial charge in [0.2, 0.25) is 5.13 Å². The molecule has 2 aromatic heterocycles. The SMILES string of the molecule is O=C(COc1ccc(Cl)cc1)Nc1nc(-c2cccs2)ns1. The van der Waals surface area contributed by atoms with Crippen LogP contribution in [0.4, 0.5) is 5.13 Å². The molecule has 3 rings (SSSR count). The minimum Gasteiger partial charge on any atom is -0.484 e. The van der Waals surface area contributed by atoms with Crippen LogP contribution in [0.3, 0.4) is 0 Å². The molecule has 0 aliphatic rings. The normalized spacial score (nSPS) is 10.4. The van der Waals surface area contributed by atoms with Gasteiger partial charge in [0, 0.05) is 16.6 Å². The summed E-state index contributed by atoms with van der Waals surface area (Å²) in [6.07, 6.45) is 0. The second kappa shape index (κ2) is 6.87. The molecule has 0 spiro atoms. The lowest BCUT2D eigenvalue weighted by molar-refractivity contribution is -0.118. The Bertz CT molecular complexity index is 757. The van der Waals surface area contributed by atoms with Gasteiger partial charge >= 0.3 is 0 Å². The van der Waals surface area contributed by atoms with E-state index >= 15 is 0 Å². The quantitative estimate of drug-likeness (QED) is 0.756. The molecule has 0 unspecified atom stereocenters. The van der Waals surface area contributed by atoms with Crippen molar-refractivity contribution in [1.82, 2.24) is 9.36 Å². The van der Waals surface area contributed by atoms with Gasteiger partial charge in [0.15, 0.2) is 12.4 Å². The first kappa shape index (κ1) is 15.0. The third kappa shape index (κ3) is 3.82. The maximum absolute atomic E-state index is 11.8. The largest absolute Gasteiger partial charge is 0.484 e. The van der Waals surface area contributed by atoms with Gasteiger partial charge in [-0.1, -0.05) is 17.7 Å². The number of rotatable bonds is 5. The van der Waals surface area contributed by atoms with E-state index in [1.54, 1.807) is 35.6 Å². The standard InChI is InChI=1S/C14H10ClN3O2S2/c15-9-3-5-10(6-4-9)20-8-12(19)16-14-17-13(18-22-14)11-2-1-7-21-11/h1-7H,8H2,(H,16,17,18,19). The summed E-state index contributed by atoms with van der Waals surface area (Å²) in [6, 6.07) is 10.7. The molecule has 0 atom stereocenters. The van der Waals surface area contributed by atoms with Gasteiger partial charge in [-0.15, -0.1) is 11.3 Å². The average Bonchev–Trinajstić information content (AvgIpc) is 3.17. The maximum atomic E-state index is 11.8. The van der Waals surface area contributed by atoms with Crippen LogP contribution in [0.25, 0.3) is 10.7 Å². The molecule has 112 valence electrons. The van der Waals surface area contributed by atoms with Crippen LogP contribution in [0.5, 0.6) is 5.75 Å². The molecule has 0 radical (unpaired) electrons. The Balaban J connectivity index is 1.54. The van der Waals surface area contributed by atoms with Gasteiger partial charge in [-0.05, 0) is 35.7 Å². The average molecular weight is 352 g/mol. The first-order valence-electron chi connectivity index (χ1n) is 6.26. The first-order chi connectivity index (χ1) is 10.7. The second-order valence-corrected chi connectivity index (χ2v) is 6.33. The molecule has 0 saturated heterocycles. The highest BCUT2D eigenvalue weighted by Crippen LogP contribution is 2.25. The summed E-state index contributed by atoms with van der Waals surface area (Å²) in [7, 11) is 0. The van der Waals surface area contributed by atoms with Crippen molar-refractivity contribution < 1.29 is 9.53 Å². The van der Waals surface area contributed by atoms with Crippen LogP contribution in [-0.4, -0.2) is 21.9 Å². The number of carbonyl (C=O) groups excluding carboxylic acids is 1. The third-order valence-corrected chi connectivity index (χ3v) is 4.35. The van der Waals surface area contributed by atoms with E-state index in [1.807, 2.05) is 17.5 Å². The summed E-state index contributed by atoms with van der Waals surface area (Å²) in [4.78, 5) is 17.1. The first-order valence-corrected chi connectivity index (χ1v) is 8.29. The predicted octanol–water partition coefficient (Wildman–Crippen LogP) is 3.94. The van der Waals surface area contributed by atoms with E-state index in [2.05, 4.69) is 14.7 Å². The molecule has 22 heavy (non-hydrogen) atoms. The fraction of sp³-hybridized carbons (Fsp3) is 0.0714. The zero-order valence-electron chi connectivity index (χ0n) is 11.2. The number of benzene rings is 1. The number of anilines is 1. The van der Waals surface area contributed by atoms with Gasteiger partial charge < -0.3 is 4.74 Å². The number of ether oxygens (including phenoxy) is 1. The van der Waals surface area contributed by atoms with Crippen molar-refractivity contribution in [1.29, 1.82) is 0 Å². The lowest BCUT2D eigenvalue weighted by Crippen LogP contribution is -2.20. The molecule has 1 amide bonds. The monoisotopic (exact) mass is 351 g/mol. The number of thiophene rings is 1. The molecular weight excluding hydrogens is 342 g/mol. The van der Waals surface area contributed by atoms with Crippen LogP contribution < -0.4 is 10.1 Å². The molecule has 0 bridgehead atoms. The maximum Gasteiger partial charge on any atom is 0.264 e. The number of halogens is 1. The number of hydrogen-bond donors (Lipinski definition) is 1. The summed E-state index contributed by atoms with van der Waals surface area (Å²) in [5.74, 6) is 0.911. The van der Waals surface area contributed by atoms with E-state index in [-0.39, 0.29) is 12.5 Å². The molecule has 3 aromatic rings. The van der Waals surface area contributed by atoms with E-state index < -0.39 is 0 Å². The highest BCUT2D eigenvalue weighted by atomic mass is 35.5. The van der Waals surface area contributed by atoms with Crippen LogP contribution in [0.1, 0.15) is 0 Å². The molecule has 8 heteroatoms. The van der Waals surface area contributed by atoms with Crippen LogP contribution in [0, 0.1) is 0 Å². The molecular formula is C14H10ClN3O2S2. The topological polar surface area (TPSA) is 64.1 Å². The van der Waals surface area contributed by atoms with Gasteiger partial charge in [-0.3, -0.25) is 10.1 Å². The second-order valence-electron chi connectivity index (χ2n) is 4.19. The Hall–Kier alpha value is -1.96. The Morgan fingerprint density at radius 1 is 1.27 bits per heavy atom. The summed E-state index contributed by atoms with van der Waals surface area (Å²) in [6.45, 7) is -0.102. The van der Waals surface area contributed by atoms with Crippen molar-refractivity contribution in [3.8, 4) is 16.5 Å². The molecule has 0 aliphatic carbocycles. The molecule has 0 fully saturated rings. The van der Waals surface area contributed by atoms with E-state index in [0.717, 1.165) is 16.4 Å². The third-order valence-electron chi connectivity index (χ3n) is 2.60. The van der Waals surface area contributed by atoms with E-state index in [0.29, 0.717) is 21.7 Å². The summed E-state index contributed by atoms with van der Waals surface area (Å²) in [5, 5.41) is 5.69. The summed E-state index contributed by atoms with van der Waals surface area (Å²) >= 11 is 8.47. The fourth-order valence-electron chi connectivity index (χ4n) is 1.62. The van der Waals surface area contributed by atoms with Crippen LogP contribution in [-0.2, 0) is 4.79 Å². The van der Waals surface area contributed by atoms with E-state index in [1.165, 1.54) is 0 Å². The Morgan fingerprint density at radius 3 is 2.82 bits per heavy atom. The van der Waals surface area contributed by atoms with Crippen LogP contribution in [0.2, 0.25) is 5.02 Å². The zero-order valence-corrected chi connectivity index (χ0v) is 13.5. The molecule has 0 aliphatic heterocycles. The number of carbonyl (C=O) groups is 1. The van der Waals surface area contributed by atoms with Crippen molar-refractivity contribution in [2.45, 2.75) is 0 Å². The minimum absolute atomic E-state index is 0.102. The number of aromatic nitrogens is 2. The van der Waals surface area contributed by atoms with Crippen molar-refractivity contribution in [3.05, 3.63) is 46.8 Å². The van der Waals surface area contributed by atoms with E-state index in [9.17, 15) is 4.79 Å². The molecule has 1 N–H and O–H groups in total. The summed E-state index contributed by atoms with van der Waals surface area (Å²) < 4.78 is 9.57. The number of nitrogens with one attached hydrogen (secondary N) is 1. The molecule has 1 aromatic carbocycles. The van der Waals surface area contributed by atoms with E-state index in [4.69, 9.17) is 16.3 Å². The Labute approximate surface area is 139 Å². The number of amides is 1. The smallest absolute Gasteiger partial charge is 0.264 e. The Kier molecular flexibility index (Phi) is 4.67. The molecule has 5 nitrogen and oxygen atoms in total. The fourth-order valence-corrected chi connectivity index (χ4v) is 3.06. The van der Waals surface area contributed by atoms with Gasteiger partial charge in [0.1, 0.15) is 5.75 Å². The van der Waals surface area contributed by atoms with Crippen molar-refractivity contribution >= 4 is 45.5 Å². The van der Waals surface area contributed by atoms with Crippen LogP contribution >= 0.6 is 34.5 Å². The molecule has 0 saturated carbocycles. The number of nitrogens with zero attached hydrogens (tertiary/aromatic N) is 2. The summed E-state index contributed by atoms with van der Waals surface area (Å²) in [5.41, 5.74) is 0. The Morgan fingerprint density at radius 2 is 2.09 bits per heavy atom. The lowest BCUT2D eigenvalue weighted by atomic mass is 10.3. The highest BCUT2D eigenvalue weighted by Gasteiger charge is 2.10. The van der Waals surface area contributed by atoms with Crippen LogP contribution in [0.15, 0.2) is 41.8 Å². The minimum atomic E-state index is -0.288. The zero-order chi connectivity index (χ0) is 15.4. The van der Waals surface area contributed by atoms with Gasteiger partial charge in [-0.25, -0.2) is 0 Å².